The zero-order valence-electron chi connectivity index (χ0n) is 12.0. The number of imide groups is 1. The maximum Gasteiger partial charge on any atom is 0.322 e. The van der Waals surface area contributed by atoms with E-state index >= 15 is 0 Å². The molecule has 1 aromatic rings. The number of halogens is 1. The largest absolute Gasteiger partial charge is 0.487 e. The number of carbonyl (C=O) groups is 2. The first-order valence-electron chi connectivity index (χ1n) is 7.07. The van der Waals surface area contributed by atoms with Crippen molar-refractivity contribution in [1.82, 2.24) is 10.6 Å². The number of nitrogens with one attached hydrogen (secondary N) is 2. The third-order valence-corrected chi connectivity index (χ3v) is 4.55. The van der Waals surface area contributed by atoms with Gasteiger partial charge in [-0.2, -0.15) is 0 Å². The van der Waals surface area contributed by atoms with E-state index in [-0.39, 0.29) is 0 Å². The predicted octanol–water partition coefficient (Wildman–Crippen LogP) is 2.20. The summed E-state index contributed by atoms with van der Waals surface area (Å²) in [6, 6.07) is 3.51. The minimum atomic E-state index is -1.25. The van der Waals surface area contributed by atoms with Crippen LogP contribution in [0.1, 0.15) is 38.7 Å². The number of urea groups is 1. The van der Waals surface area contributed by atoms with Gasteiger partial charge in [0.25, 0.3) is 5.91 Å². The third kappa shape index (κ3) is 1.89. The SMILES string of the molecule is CCC1(CC)CC2(NC(=O)NC2=O)c2cc(F)ccc2O1. The Hall–Kier alpha value is -2.11. The molecule has 0 bridgehead atoms. The van der Waals surface area contributed by atoms with Crippen LogP contribution in [0.3, 0.4) is 0 Å². The lowest BCUT2D eigenvalue weighted by Gasteiger charge is -2.45. The number of rotatable bonds is 2. The highest BCUT2D eigenvalue weighted by Crippen LogP contribution is 2.47. The van der Waals surface area contributed by atoms with Crippen molar-refractivity contribution in [2.24, 2.45) is 0 Å². The van der Waals surface area contributed by atoms with Gasteiger partial charge in [-0.3, -0.25) is 10.1 Å². The summed E-state index contributed by atoms with van der Waals surface area (Å²) in [5, 5.41) is 4.94. The van der Waals surface area contributed by atoms with Gasteiger partial charge in [0.15, 0.2) is 5.54 Å². The van der Waals surface area contributed by atoms with Gasteiger partial charge >= 0.3 is 6.03 Å². The molecule has 0 aromatic heterocycles. The first kappa shape index (κ1) is 13.9. The monoisotopic (exact) mass is 292 g/mol. The van der Waals surface area contributed by atoms with Crippen molar-refractivity contribution in [3.05, 3.63) is 29.6 Å². The molecule has 2 aliphatic rings. The minimum Gasteiger partial charge on any atom is -0.487 e. The van der Waals surface area contributed by atoms with E-state index in [1.807, 2.05) is 13.8 Å². The van der Waals surface area contributed by atoms with Gasteiger partial charge in [0, 0.05) is 12.0 Å². The first-order chi connectivity index (χ1) is 9.94. The summed E-state index contributed by atoms with van der Waals surface area (Å²) in [4.78, 5) is 24.0. The lowest BCUT2D eigenvalue weighted by atomic mass is 9.74. The van der Waals surface area contributed by atoms with Gasteiger partial charge in [-0.15, -0.1) is 0 Å². The molecule has 1 fully saturated rings. The minimum absolute atomic E-state index is 0.293. The van der Waals surface area contributed by atoms with Crippen molar-refractivity contribution < 1.29 is 18.7 Å². The van der Waals surface area contributed by atoms with Crippen molar-refractivity contribution >= 4 is 11.9 Å². The lowest BCUT2D eigenvalue weighted by Crippen LogP contribution is -2.55. The molecule has 3 amide bonds. The van der Waals surface area contributed by atoms with E-state index in [2.05, 4.69) is 10.6 Å². The number of hydrogen-bond acceptors (Lipinski definition) is 3. The Bertz CT molecular complexity index is 627. The van der Waals surface area contributed by atoms with Gasteiger partial charge in [0.05, 0.1) is 0 Å². The fraction of sp³-hybridized carbons (Fsp3) is 0.467. The molecule has 0 aliphatic carbocycles. The summed E-state index contributed by atoms with van der Waals surface area (Å²) in [6.07, 6.45) is 1.66. The van der Waals surface area contributed by atoms with Gasteiger partial charge < -0.3 is 10.1 Å². The first-order valence-corrected chi connectivity index (χ1v) is 7.07. The molecule has 21 heavy (non-hydrogen) atoms. The molecule has 1 atom stereocenters. The second-order valence-corrected chi connectivity index (χ2v) is 5.62. The molecular formula is C15H17FN2O3. The summed E-state index contributed by atoms with van der Waals surface area (Å²) < 4.78 is 19.7. The highest BCUT2D eigenvalue weighted by Gasteiger charge is 2.56. The Morgan fingerprint density at radius 2 is 2.00 bits per heavy atom. The van der Waals surface area contributed by atoms with E-state index in [0.717, 1.165) is 0 Å². The predicted molar refractivity (Wildman–Crippen MR) is 73.3 cm³/mol. The molecule has 2 aliphatic heterocycles. The van der Waals surface area contributed by atoms with Crippen LogP contribution in [0.5, 0.6) is 5.75 Å². The molecule has 1 spiro atoms. The molecule has 5 nitrogen and oxygen atoms in total. The Morgan fingerprint density at radius 3 is 2.57 bits per heavy atom. The molecule has 112 valence electrons. The van der Waals surface area contributed by atoms with Crippen LogP contribution < -0.4 is 15.4 Å². The van der Waals surface area contributed by atoms with Crippen LogP contribution in [0.25, 0.3) is 0 Å². The number of carbonyl (C=O) groups excluding carboxylic acids is 2. The van der Waals surface area contributed by atoms with E-state index in [0.29, 0.717) is 30.6 Å². The third-order valence-electron chi connectivity index (χ3n) is 4.55. The van der Waals surface area contributed by atoms with Gasteiger partial charge in [0.2, 0.25) is 0 Å². The number of ether oxygens (including phenoxy) is 1. The molecule has 0 saturated carbocycles. The summed E-state index contributed by atoms with van der Waals surface area (Å²) in [7, 11) is 0. The zero-order chi connectivity index (χ0) is 15.3. The summed E-state index contributed by atoms with van der Waals surface area (Å²) in [5.41, 5.74) is -1.43. The summed E-state index contributed by atoms with van der Waals surface area (Å²) in [6.45, 7) is 3.95. The maximum atomic E-state index is 13.6. The Kier molecular flexibility index (Phi) is 2.93. The molecule has 1 saturated heterocycles. The van der Waals surface area contributed by atoms with Crippen LogP contribution in [0.2, 0.25) is 0 Å². The number of amides is 3. The molecule has 3 rings (SSSR count). The van der Waals surface area contributed by atoms with Crippen LogP contribution in [0.15, 0.2) is 18.2 Å². The highest BCUT2D eigenvalue weighted by atomic mass is 19.1. The topological polar surface area (TPSA) is 67.4 Å². The van der Waals surface area contributed by atoms with E-state index in [1.54, 1.807) is 0 Å². The number of fused-ring (bicyclic) bond motifs is 2. The molecule has 2 N–H and O–H groups in total. The van der Waals surface area contributed by atoms with Crippen molar-refractivity contribution in [2.45, 2.75) is 44.2 Å². The average molecular weight is 292 g/mol. The highest BCUT2D eigenvalue weighted by molar-refractivity contribution is 6.08. The second-order valence-electron chi connectivity index (χ2n) is 5.62. The number of benzene rings is 1. The number of hydrogen-bond donors (Lipinski definition) is 2. The van der Waals surface area contributed by atoms with E-state index in [4.69, 9.17) is 4.74 Å². The summed E-state index contributed by atoms with van der Waals surface area (Å²) >= 11 is 0. The second kappa shape index (κ2) is 4.44. The lowest BCUT2D eigenvalue weighted by molar-refractivity contribution is -0.128. The van der Waals surface area contributed by atoms with E-state index in [9.17, 15) is 14.0 Å². The Morgan fingerprint density at radius 1 is 1.29 bits per heavy atom. The van der Waals surface area contributed by atoms with Crippen LogP contribution in [0, 0.1) is 5.82 Å². The quantitative estimate of drug-likeness (QED) is 0.821. The molecule has 6 heteroatoms. The average Bonchev–Trinajstić information content (AvgIpc) is 2.74. The van der Waals surface area contributed by atoms with Crippen molar-refractivity contribution in [1.29, 1.82) is 0 Å². The molecule has 0 radical (unpaired) electrons. The van der Waals surface area contributed by atoms with Crippen LogP contribution in [-0.2, 0) is 10.3 Å². The van der Waals surface area contributed by atoms with Crippen molar-refractivity contribution in [3.8, 4) is 5.75 Å². The fourth-order valence-corrected chi connectivity index (χ4v) is 3.22. The Labute approximate surface area is 121 Å². The van der Waals surface area contributed by atoms with Crippen LogP contribution >= 0.6 is 0 Å². The molecular weight excluding hydrogens is 275 g/mol. The standard InChI is InChI=1S/C15H17FN2O3/c1-3-14(4-2)8-15(12(19)17-13(20)18-15)10-7-9(16)5-6-11(10)21-14/h5-7H,3-4,8H2,1-2H3,(H2,17,18,19,20). The Balaban J connectivity index is 2.21. The zero-order valence-corrected chi connectivity index (χ0v) is 12.0. The normalized spacial score (nSPS) is 26.0. The maximum absolute atomic E-state index is 13.6. The van der Waals surface area contributed by atoms with Crippen LogP contribution in [-0.4, -0.2) is 17.5 Å². The van der Waals surface area contributed by atoms with E-state index < -0.39 is 28.9 Å². The van der Waals surface area contributed by atoms with Gasteiger partial charge in [-0.1, -0.05) is 13.8 Å². The molecule has 1 aromatic carbocycles. The smallest absolute Gasteiger partial charge is 0.322 e. The molecule has 1 unspecified atom stereocenters. The van der Waals surface area contributed by atoms with Gasteiger partial charge in [-0.05, 0) is 31.0 Å². The van der Waals surface area contributed by atoms with Crippen molar-refractivity contribution in [2.75, 3.05) is 0 Å². The summed E-state index contributed by atoms with van der Waals surface area (Å²) in [5.74, 6) is -0.469. The molecule has 2 heterocycles. The van der Waals surface area contributed by atoms with Crippen molar-refractivity contribution in [3.63, 3.8) is 0 Å². The van der Waals surface area contributed by atoms with E-state index in [1.165, 1.54) is 18.2 Å². The van der Waals surface area contributed by atoms with Gasteiger partial charge in [0.1, 0.15) is 17.2 Å². The van der Waals surface area contributed by atoms with Crippen LogP contribution in [0.4, 0.5) is 9.18 Å². The fourth-order valence-electron chi connectivity index (χ4n) is 3.22. The van der Waals surface area contributed by atoms with Gasteiger partial charge in [-0.25, -0.2) is 9.18 Å².